The third-order valence-corrected chi connectivity index (χ3v) is 4.09. The van der Waals surface area contributed by atoms with Crippen LogP contribution in [0.25, 0.3) is 11.4 Å². The number of likely N-dealkylation sites (N-methyl/N-ethyl adjacent to an activating group) is 1. The standard InChI is InChI=1S/C17H23N3/c1-13-6-5-7-14(12-13)17-19-15(9-10-18-2)16-8-3-4-11-20(16)17/h5-7,12,18H,3-4,8-11H2,1-2H3. The van der Waals surface area contributed by atoms with Gasteiger partial charge in [-0.25, -0.2) is 4.98 Å². The Morgan fingerprint density at radius 3 is 3.00 bits per heavy atom. The van der Waals surface area contributed by atoms with Crippen molar-refractivity contribution in [2.75, 3.05) is 13.6 Å². The zero-order valence-electron chi connectivity index (χ0n) is 12.4. The Balaban J connectivity index is 2.04. The number of hydrogen-bond donors (Lipinski definition) is 1. The number of imidazole rings is 1. The minimum atomic E-state index is 0.997. The molecule has 3 rings (SSSR count). The summed E-state index contributed by atoms with van der Waals surface area (Å²) in [6.45, 7) is 4.26. The maximum Gasteiger partial charge on any atom is 0.140 e. The molecule has 1 aliphatic rings. The molecule has 0 saturated carbocycles. The molecule has 0 saturated heterocycles. The minimum Gasteiger partial charge on any atom is -0.328 e. The molecule has 0 aliphatic carbocycles. The molecule has 0 unspecified atom stereocenters. The van der Waals surface area contributed by atoms with Gasteiger partial charge in [-0.1, -0.05) is 23.8 Å². The number of aryl methyl sites for hydroxylation is 1. The average molecular weight is 269 g/mol. The molecule has 2 heterocycles. The molecule has 0 atom stereocenters. The lowest BCUT2D eigenvalue weighted by atomic mass is 10.1. The molecule has 0 amide bonds. The normalized spacial score (nSPS) is 14.3. The molecule has 106 valence electrons. The highest BCUT2D eigenvalue weighted by Gasteiger charge is 2.20. The van der Waals surface area contributed by atoms with Gasteiger partial charge in [-0.2, -0.15) is 0 Å². The first-order valence-electron chi connectivity index (χ1n) is 7.59. The van der Waals surface area contributed by atoms with E-state index in [0.717, 1.165) is 25.3 Å². The summed E-state index contributed by atoms with van der Waals surface area (Å²) in [5, 5.41) is 3.23. The van der Waals surface area contributed by atoms with E-state index < -0.39 is 0 Å². The predicted molar refractivity (Wildman–Crippen MR) is 83.0 cm³/mol. The van der Waals surface area contributed by atoms with Crippen LogP contribution in [0.1, 0.15) is 29.8 Å². The molecular formula is C17H23N3. The van der Waals surface area contributed by atoms with Crippen molar-refractivity contribution in [3.05, 3.63) is 41.2 Å². The van der Waals surface area contributed by atoms with E-state index in [9.17, 15) is 0 Å². The molecule has 0 bridgehead atoms. The summed E-state index contributed by atoms with van der Waals surface area (Å²) in [4.78, 5) is 4.96. The van der Waals surface area contributed by atoms with Crippen molar-refractivity contribution in [3.8, 4) is 11.4 Å². The first-order valence-corrected chi connectivity index (χ1v) is 7.59. The maximum absolute atomic E-state index is 4.96. The Hall–Kier alpha value is -1.61. The fraction of sp³-hybridized carbons (Fsp3) is 0.471. The third kappa shape index (κ3) is 2.50. The Morgan fingerprint density at radius 1 is 1.30 bits per heavy atom. The second-order valence-corrected chi connectivity index (χ2v) is 5.66. The molecule has 2 aromatic rings. The SMILES string of the molecule is CNCCc1nc(-c2cccc(C)c2)n2c1CCCC2. The third-order valence-electron chi connectivity index (χ3n) is 4.09. The van der Waals surface area contributed by atoms with Gasteiger partial charge in [0.15, 0.2) is 0 Å². The summed E-state index contributed by atoms with van der Waals surface area (Å²) in [5.74, 6) is 1.16. The van der Waals surface area contributed by atoms with Crippen molar-refractivity contribution in [3.63, 3.8) is 0 Å². The number of fused-ring (bicyclic) bond motifs is 1. The van der Waals surface area contributed by atoms with Crippen LogP contribution >= 0.6 is 0 Å². The zero-order valence-corrected chi connectivity index (χ0v) is 12.4. The van der Waals surface area contributed by atoms with Crippen molar-refractivity contribution in [1.29, 1.82) is 0 Å². The van der Waals surface area contributed by atoms with Crippen LogP contribution in [0.3, 0.4) is 0 Å². The number of aromatic nitrogens is 2. The van der Waals surface area contributed by atoms with Crippen LogP contribution in [0.5, 0.6) is 0 Å². The molecule has 3 nitrogen and oxygen atoms in total. The zero-order chi connectivity index (χ0) is 13.9. The summed E-state index contributed by atoms with van der Waals surface area (Å²) < 4.78 is 2.45. The van der Waals surface area contributed by atoms with Crippen molar-refractivity contribution in [2.24, 2.45) is 0 Å². The van der Waals surface area contributed by atoms with E-state index in [1.165, 1.54) is 41.8 Å². The Morgan fingerprint density at radius 2 is 2.20 bits per heavy atom. The van der Waals surface area contributed by atoms with Gasteiger partial charge in [-0.05, 0) is 39.3 Å². The molecule has 3 heteroatoms. The smallest absolute Gasteiger partial charge is 0.140 e. The number of nitrogens with zero attached hydrogens (tertiary/aromatic N) is 2. The van der Waals surface area contributed by atoms with E-state index in [1.54, 1.807) is 0 Å². The molecule has 1 N–H and O–H groups in total. The summed E-state index contributed by atoms with van der Waals surface area (Å²) in [7, 11) is 2.00. The Kier molecular flexibility index (Phi) is 3.88. The van der Waals surface area contributed by atoms with Crippen LogP contribution in [0.15, 0.2) is 24.3 Å². The lowest BCUT2D eigenvalue weighted by Crippen LogP contribution is -2.15. The summed E-state index contributed by atoms with van der Waals surface area (Å²) >= 11 is 0. The van der Waals surface area contributed by atoms with Gasteiger partial charge >= 0.3 is 0 Å². The topological polar surface area (TPSA) is 29.9 Å². The Labute approximate surface area is 121 Å². The van der Waals surface area contributed by atoms with Crippen LogP contribution in [0, 0.1) is 6.92 Å². The number of nitrogens with one attached hydrogen (secondary N) is 1. The van der Waals surface area contributed by atoms with Crippen LogP contribution in [-0.2, 0) is 19.4 Å². The highest BCUT2D eigenvalue weighted by molar-refractivity contribution is 5.58. The van der Waals surface area contributed by atoms with Gasteiger partial charge in [-0.15, -0.1) is 0 Å². The molecule has 0 radical (unpaired) electrons. The van der Waals surface area contributed by atoms with Crippen molar-refractivity contribution in [2.45, 2.75) is 39.2 Å². The lowest BCUT2D eigenvalue weighted by molar-refractivity contribution is 0.532. The second kappa shape index (κ2) is 5.80. The Bertz CT molecular complexity index is 598. The van der Waals surface area contributed by atoms with Gasteiger partial charge in [0.2, 0.25) is 0 Å². The summed E-state index contributed by atoms with van der Waals surface area (Å²) in [6.07, 6.45) is 4.77. The van der Waals surface area contributed by atoms with E-state index in [2.05, 4.69) is 41.1 Å². The van der Waals surface area contributed by atoms with E-state index in [0.29, 0.717) is 0 Å². The van der Waals surface area contributed by atoms with Crippen LogP contribution in [-0.4, -0.2) is 23.1 Å². The largest absolute Gasteiger partial charge is 0.328 e. The van der Waals surface area contributed by atoms with Crippen LogP contribution in [0.2, 0.25) is 0 Å². The average Bonchev–Trinajstić information content (AvgIpc) is 2.84. The number of rotatable bonds is 4. The molecule has 1 aromatic heterocycles. The first-order chi connectivity index (χ1) is 9.79. The van der Waals surface area contributed by atoms with Gasteiger partial charge < -0.3 is 9.88 Å². The van der Waals surface area contributed by atoms with E-state index in [-0.39, 0.29) is 0 Å². The summed E-state index contributed by atoms with van der Waals surface area (Å²) in [5.41, 5.74) is 5.30. The molecular weight excluding hydrogens is 246 g/mol. The van der Waals surface area contributed by atoms with Gasteiger partial charge in [0, 0.05) is 30.8 Å². The number of benzene rings is 1. The number of hydrogen-bond acceptors (Lipinski definition) is 2. The fourth-order valence-corrected chi connectivity index (χ4v) is 3.07. The molecule has 20 heavy (non-hydrogen) atoms. The van der Waals surface area contributed by atoms with Crippen molar-refractivity contribution >= 4 is 0 Å². The predicted octanol–water partition coefficient (Wildman–Crippen LogP) is 2.96. The van der Waals surface area contributed by atoms with Crippen LogP contribution in [0.4, 0.5) is 0 Å². The highest BCUT2D eigenvalue weighted by atomic mass is 15.1. The molecule has 1 aliphatic heterocycles. The summed E-state index contributed by atoms with van der Waals surface area (Å²) in [6, 6.07) is 8.69. The monoisotopic (exact) mass is 269 g/mol. The quantitative estimate of drug-likeness (QED) is 0.925. The molecule has 1 aromatic carbocycles. The van der Waals surface area contributed by atoms with Gasteiger partial charge in [0.05, 0.1) is 5.69 Å². The van der Waals surface area contributed by atoms with E-state index in [1.807, 2.05) is 7.05 Å². The minimum absolute atomic E-state index is 0.997. The van der Waals surface area contributed by atoms with Gasteiger partial charge in [0.1, 0.15) is 5.82 Å². The van der Waals surface area contributed by atoms with Crippen molar-refractivity contribution < 1.29 is 0 Å². The van der Waals surface area contributed by atoms with Crippen LogP contribution < -0.4 is 5.32 Å². The fourth-order valence-electron chi connectivity index (χ4n) is 3.07. The first kappa shape index (κ1) is 13.4. The van der Waals surface area contributed by atoms with Crippen molar-refractivity contribution in [1.82, 2.24) is 14.9 Å². The lowest BCUT2D eigenvalue weighted by Gasteiger charge is -2.17. The van der Waals surface area contributed by atoms with E-state index in [4.69, 9.17) is 4.98 Å². The van der Waals surface area contributed by atoms with E-state index >= 15 is 0 Å². The second-order valence-electron chi connectivity index (χ2n) is 5.66. The highest BCUT2D eigenvalue weighted by Crippen LogP contribution is 2.28. The van der Waals surface area contributed by atoms with Gasteiger partial charge in [0.25, 0.3) is 0 Å². The van der Waals surface area contributed by atoms with Gasteiger partial charge in [-0.3, -0.25) is 0 Å². The maximum atomic E-state index is 4.96. The molecule has 0 fully saturated rings. The molecule has 0 spiro atoms.